The van der Waals surface area contributed by atoms with E-state index in [9.17, 15) is 4.79 Å². The van der Waals surface area contributed by atoms with Crippen molar-refractivity contribution in [3.05, 3.63) is 0 Å². The number of rotatable bonds is 3. The van der Waals surface area contributed by atoms with Crippen LogP contribution in [0.4, 0.5) is 0 Å². The van der Waals surface area contributed by atoms with Crippen molar-refractivity contribution in [2.24, 2.45) is 11.7 Å². The topological polar surface area (TPSA) is 66.6 Å². The van der Waals surface area contributed by atoms with E-state index < -0.39 is 0 Å². The van der Waals surface area contributed by atoms with E-state index in [1.807, 2.05) is 4.90 Å². The Morgan fingerprint density at radius 2 is 2.06 bits per heavy atom. The standard InChI is InChI=1S/C13H24N2O2/c14-13(5-1-2-6-13)8-12(17)15-7-3-4-11(9-15)10-16/h11,16H,1-10,14H2. The van der Waals surface area contributed by atoms with Gasteiger partial charge in [0, 0.05) is 31.7 Å². The molecule has 0 aromatic heterocycles. The van der Waals surface area contributed by atoms with Crippen molar-refractivity contribution >= 4 is 5.91 Å². The van der Waals surface area contributed by atoms with Crippen molar-refractivity contribution in [3.8, 4) is 0 Å². The molecule has 0 bridgehead atoms. The second kappa shape index (κ2) is 5.36. The summed E-state index contributed by atoms with van der Waals surface area (Å²) in [6, 6.07) is 0. The molecular weight excluding hydrogens is 216 g/mol. The molecule has 1 aliphatic heterocycles. The average molecular weight is 240 g/mol. The van der Waals surface area contributed by atoms with Gasteiger partial charge in [-0.2, -0.15) is 0 Å². The fraction of sp³-hybridized carbons (Fsp3) is 0.923. The van der Waals surface area contributed by atoms with Gasteiger partial charge in [0.15, 0.2) is 0 Å². The number of hydrogen-bond donors (Lipinski definition) is 2. The highest BCUT2D eigenvalue weighted by Crippen LogP contribution is 2.31. The van der Waals surface area contributed by atoms with Crippen molar-refractivity contribution in [1.82, 2.24) is 4.90 Å². The molecule has 4 heteroatoms. The Bertz CT molecular complexity index is 275. The number of carbonyl (C=O) groups excluding carboxylic acids is 1. The first-order valence-electron chi connectivity index (χ1n) is 6.80. The zero-order chi connectivity index (χ0) is 12.3. The molecule has 1 saturated carbocycles. The number of nitrogens with zero attached hydrogens (tertiary/aromatic N) is 1. The van der Waals surface area contributed by atoms with Crippen molar-refractivity contribution < 1.29 is 9.90 Å². The molecule has 0 aromatic carbocycles. The Hall–Kier alpha value is -0.610. The van der Waals surface area contributed by atoms with Gasteiger partial charge in [0.1, 0.15) is 0 Å². The molecule has 0 aromatic rings. The summed E-state index contributed by atoms with van der Waals surface area (Å²) in [7, 11) is 0. The number of hydrogen-bond acceptors (Lipinski definition) is 3. The van der Waals surface area contributed by atoms with Gasteiger partial charge >= 0.3 is 0 Å². The van der Waals surface area contributed by atoms with Gasteiger partial charge in [-0.15, -0.1) is 0 Å². The van der Waals surface area contributed by atoms with E-state index >= 15 is 0 Å². The number of carbonyl (C=O) groups is 1. The van der Waals surface area contributed by atoms with Gasteiger partial charge in [-0.25, -0.2) is 0 Å². The monoisotopic (exact) mass is 240 g/mol. The smallest absolute Gasteiger partial charge is 0.224 e. The quantitative estimate of drug-likeness (QED) is 0.769. The maximum Gasteiger partial charge on any atom is 0.224 e. The Kier molecular flexibility index (Phi) is 4.05. The number of nitrogens with two attached hydrogens (primary N) is 1. The second-order valence-electron chi connectivity index (χ2n) is 5.78. The maximum atomic E-state index is 12.2. The Morgan fingerprint density at radius 1 is 1.35 bits per heavy atom. The van der Waals surface area contributed by atoms with Crippen molar-refractivity contribution in [1.29, 1.82) is 0 Å². The highest BCUT2D eigenvalue weighted by atomic mass is 16.3. The highest BCUT2D eigenvalue weighted by Gasteiger charge is 2.34. The zero-order valence-corrected chi connectivity index (χ0v) is 10.5. The van der Waals surface area contributed by atoms with E-state index in [1.165, 1.54) is 0 Å². The Labute approximate surface area is 103 Å². The molecule has 17 heavy (non-hydrogen) atoms. The minimum atomic E-state index is -0.247. The van der Waals surface area contributed by atoms with E-state index in [0.717, 1.165) is 45.1 Å². The van der Waals surface area contributed by atoms with Gasteiger partial charge in [-0.1, -0.05) is 12.8 Å². The first-order chi connectivity index (χ1) is 8.13. The first-order valence-corrected chi connectivity index (χ1v) is 6.80. The lowest BCUT2D eigenvalue weighted by molar-refractivity contribution is -0.134. The SMILES string of the molecule is NC1(CC(=O)N2CCCC(CO)C2)CCCC1. The summed E-state index contributed by atoms with van der Waals surface area (Å²) in [4.78, 5) is 14.1. The van der Waals surface area contributed by atoms with Crippen molar-refractivity contribution in [2.75, 3.05) is 19.7 Å². The molecule has 1 amide bonds. The molecule has 2 fully saturated rings. The molecule has 98 valence electrons. The highest BCUT2D eigenvalue weighted by molar-refractivity contribution is 5.77. The van der Waals surface area contributed by atoms with Gasteiger partial charge in [0.25, 0.3) is 0 Å². The molecule has 0 radical (unpaired) electrons. The predicted octanol–water partition coefficient (Wildman–Crippen LogP) is 0.879. The summed E-state index contributed by atoms with van der Waals surface area (Å²) in [5, 5.41) is 9.16. The van der Waals surface area contributed by atoms with Crippen LogP contribution >= 0.6 is 0 Å². The number of amides is 1. The summed E-state index contributed by atoms with van der Waals surface area (Å²) < 4.78 is 0. The van der Waals surface area contributed by atoms with E-state index in [1.54, 1.807) is 0 Å². The van der Waals surface area contributed by atoms with Gasteiger partial charge in [0.05, 0.1) is 0 Å². The third-order valence-electron chi connectivity index (χ3n) is 4.23. The lowest BCUT2D eigenvalue weighted by Crippen LogP contribution is -2.47. The molecule has 1 atom stereocenters. The molecular formula is C13H24N2O2. The van der Waals surface area contributed by atoms with Crippen LogP contribution in [0.5, 0.6) is 0 Å². The molecule has 1 unspecified atom stereocenters. The lowest BCUT2D eigenvalue weighted by atomic mass is 9.92. The predicted molar refractivity (Wildman–Crippen MR) is 66.4 cm³/mol. The molecule has 1 saturated heterocycles. The minimum absolute atomic E-state index is 0.188. The normalized spacial score (nSPS) is 28.4. The number of aliphatic hydroxyl groups excluding tert-OH is 1. The summed E-state index contributed by atoms with van der Waals surface area (Å²) in [6.45, 7) is 1.74. The third kappa shape index (κ3) is 3.19. The average Bonchev–Trinajstić information content (AvgIpc) is 2.76. The van der Waals surface area contributed by atoms with Crippen LogP contribution in [0.15, 0.2) is 0 Å². The number of aliphatic hydroxyl groups is 1. The van der Waals surface area contributed by atoms with Crippen molar-refractivity contribution in [3.63, 3.8) is 0 Å². The van der Waals surface area contributed by atoms with Gasteiger partial charge < -0.3 is 15.7 Å². The van der Waals surface area contributed by atoms with Crippen LogP contribution in [0, 0.1) is 5.92 Å². The van der Waals surface area contributed by atoms with Crippen LogP contribution in [0.3, 0.4) is 0 Å². The molecule has 0 spiro atoms. The summed E-state index contributed by atoms with van der Waals surface area (Å²) in [6.07, 6.45) is 6.81. The fourth-order valence-corrected chi connectivity index (χ4v) is 3.11. The van der Waals surface area contributed by atoms with Gasteiger partial charge in [0.2, 0.25) is 5.91 Å². The largest absolute Gasteiger partial charge is 0.396 e. The van der Waals surface area contributed by atoms with E-state index in [0.29, 0.717) is 13.0 Å². The zero-order valence-electron chi connectivity index (χ0n) is 10.5. The molecule has 1 heterocycles. The molecule has 3 N–H and O–H groups in total. The summed E-state index contributed by atoms with van der Waals surface area (Å²) in [5.41, 5.74) is 5.99. The molecule has 2 rings (SSSR count). The van der Waals surface area contributed by atoms with Crippen LogP contribution < -0.4 is 5.73 Å². The van der Waals surface area contributed by atoms with E-state index in [2.05, 4.69) is 0 Å². The molecule has 1 aliphatic carbocycles. The minimum Gasteiger partial charge on any atom is -0.396 e. The van der Waals surface area contributed by atoms with Gasteiger partial charge in [-0.05, 0) is 31.6 Å². The second-order valence-corrected chi connectivity index (χ2v) is 5.78. The van der Waals surface area contributed by atoms with E-state index in [-0.39, 0.29) is 24.0 Å². The van der Waals surface area contributed by atoms with Crippen molar-refractivity contribution in [2.45, 2.75) is 50.5 Å². The number of likely N-dealkylation sites (tertiary alicyclic amines) is 1. The van der Waals surface area contributed by atoms with Crippen LogP contribution in [0.2, 0.25) is 0 Å². The van der Waals surface area contributed by atoms with Gasteiger partial charge in [-0.3, -0.25) is 4.79 Å². The Morgan fingerprint density at radius 3 is 2.71 bits per heavy atom. The molecule has 2 aliphatic rings. The number of piperidine rings is 1. The summed E-state index contributed by atoms with van der Waals surface area (Å²) in [5.74, 6) is 0.456. The fourth-order valence-electron chi connectivity index (χ4n) is 3.11. The van der Waals surface area contributed by atoms with E-state index in [4.69, 9.17) is 10.8 Å². The summed E-state index contributed by atoms with van der Waals surface area (Å²) >= 11 is 0. The maximum absolute atomic E-state index is 12.2. The third-order valence-corrected chi connectivity index (χ3v) is 4.23. The molecule has 4 nitrogen and oxygen atoms in total. The van der Waals surface area contributed by atoms with Crippen LogP contribution in [-0.2, 0) is 4.79 Å². The lowest BCUT2D eigenvalue weighted by Gasteiger charge is -2.34. The Balaban J connectivity index is 1.86. The first kappa shape index (κ1) is 12.8. The van der Waals surface area contributed by atoms with Crippen LogP contribution in [0.25, 0.3) is 0 Å². The van der Waals surface area contributed by atoms with Crippen LogP contribution in [0.1, 0.15) is 44.9 Å². The van der Waals surface area contributed by atoms with Crippen LogP contribution in [-0.4, -0.2) is 41.1 Å².